The maximum Gasteiger partial charge on any atom is 0.338 e. The van der Waals surface area contributed by atoms with Crippen molar-refractivity contribution < 1.29 is 33.3 Å². The minimum absolute atomic E-state index is 0.0212. The van der Waals surface area contributed by atoms with Crippen molar-refractivity contribution in [3.8, 4) is 0 Å². The van der Waals surface area contributed by atoms with E-state index >= 15 is 0 Å². The summed E-state index contributed by atoms with van der Waals surface area (Å²) in [5.74, 6) is -0.959. The Bertz CT molecular complexity index is 602. The summed E-state index contributed by atoms with van der Waals surface area (Å²) in [4.78, 5) is 35.7. The third-order valence-corrected chi connectivity index (χ3v) is 6.45. The van der Waals surface area contributed by atoms with Gasteiger partial charge in [0.1, 0.15) is 12.7 Å². The first kappa shape index (κ1) is 15.9. The van der Waals surface area contributed by atoms with Gasteiger partial charge >= 0.3 is 17.9 Å². The number of fused-ring (bicyclic) bond motifs is 5. The normalized spacial score (nSPS) is 49.0. The summed E-state index contributed by atoms with van der Waals surface area (Å²) in [5, 5.41) is 0. The Balaban J connectivity index is 1.72. The second-order valence-corrected chi connectivity index (χ2v) is 7.67. The van der Waals surface area contributed by atoms with Crippen molar-refractivity contribution in [3.05, 3.63) is 0 Å². The van der Waals surface area contributed by atoms with Crippen LogP contribution in [0.25, 0.3) is 0 Å². The number of esters is 3. The van der Waals surface area contributed by atoms with Crippen LogP contribution < -0.4 is 0 Å². The maximum absolute atomic E-state index is 12.3. The van der Waals surface area contributed by atoms with Crippen molar-refractivity contribution in [2.45, 2.75) is 52.1 Å². The molecule has 24 heavy (non-hydrogen) atoms. The summed E-state index contributed by atoms with van der Waals surface area (Å²) in [6.45, 7) is 5.32. The van der Waals surface area contributed by atoms with Crippen molar-refractivity contribution >= 4 is 17.9 Å². The van der Waals surface area contributed by atoms with Crippen LogP contribution in [-0.2, 0) is 33.3 Å². The molecule has 4 fully saturated rings. The summed E-state index contributed by atoms with van der Waals surface area (Å²) in [5.41, 5.74) is -0.694. The summed E-state index contributed by atoms with van der Waals surface area (Å²) in [6.07, 6.45) is -0.378. The highest BCUT2D eigenvalue weighted by molar-refractivity contribution is 5.79. The molecule has 132 valence electrons. The number of carbonyl (C=O) groups excluding carboxylic acids is 3. The fourth-order valence-corrected chi connectivity index (χ4v) is 5.15. The molecule has 7 nitrogen and oxygen atoms in total. The Hall–Kier alpha value is -1.63. The van der Waals surface area contributed by atoms with Gasteiger partial charge in [0.25, 0.3) is 0 Å². The van der Waals surface area contributed by atoms with Gasteiger partial charge in [0.05, 0.1) is 5.92 Å². The fourth-order valence-electron chi connectivity index (χ4n) is 5.15. The number of carbonyl (C=O) groups is 3. The Morgan fingerprint density at radius 2 is 2.00 bits per heavy atom. The number of ether oxygens (including phenoxy) is 4. The Morgan fingerprint density at radius 1 is 1.25 bits per heavy atom. The SMILES string of the molecule is CC(=O)OC[C@@]12C[C@H]3OC(=O)C(C)[C@H]3C[C@H]1C(C)[C@@H]1OC(=O)[C@H]2O1. The van der Waals surface area contributed by atoms with E-state index < -0.39 is 29.7 Å². The Morgan fingerprint density at radius 3 is 2.71 bits per heavy atom. The molecule has 8 atom stereocenters. The Labute approximate surface area is 139 Å². The smallest absolute Gasteiger partial charge is 0.338 e. The van der Waals surface area contributed by atoms with Gasteiger partial charge in [-0.1, -0.05) is 13.8 Å². The largest absolute Gasteiger partial charge is 0.465 e. The molecule has 4 rings (SSSR count). The second-order valence-electron chi connectivity index (χ2n) is 7.67. The molecule has 0 aromatic heterocycles. The van der Waals surface area contributed by atoms with Crippen LogP contribution in [0.2, 0.25) is 0 Å². The minimum Gasteiger partial charge on any atom is -0.465 e. The van der Waals surface area contributed by atoms with E-state index in [0.29, 0.717) is 6.42 Å². The molecular weight excluding hydrogens is 316 g/mol. The van der Waals surface area contributed by atoms with Crippen LogP contribution in [0, 0.1) is 29.1 Å². The summed E-state index contributed by atoms with van der Waals surface area (Å²) >= 11 is 0. The molecule has 2 bridgehead atoms. The van der Waals surface area contributed by atoms with Crippen molar-refractivity contribution in [2.75, 3.05) is 6.61 Å². The van der Waals surface area contributed by atoms with Crippen molar-refractivity contribution in [2.24, 2.45) is 29.1 Å². The van der Waals surface area contributed by atoms with Gasteiger partial charge in [-0.2, -0.15) is 0 Å². The average molecular weight is 338 g/mol. The van der Waals surface area contributed by atoms with Gasteiger partial charge in [-0.3, -0.25) is 9.59 Å². The van der Waals surface area contributed by atoms with Crippen LogP contribution in [0.3, 0.4) is 0 Å². The van der Waals surface area contributed by atoms with Gasteiger partial charge in [0, 0.05) is 24.2 Å². The first-order valence-electron chi connectivity index (χ1n) is 8.53. The molecule has 3 aliphatic heterocycles. The van der Waals surface area contributed by atoms with Crippen molar-refractivity contribution in [3.63, 3.8) is 0 Å². The highest BCUT2D eigenvalue weighted by atomic mass is 16.8. The van der Waals surface area contributed by atoms with Gasteiger partial charge in [0.2, 0.25) is 6.29 Å². The van der Waals surface area contributed by atoms with E-state index in [2.05, 4.69) is 0 Å². The van der Waals surface area contributed by atoms with E-state index in [1.165, 1.54) is 6.92 Å². The fraction of sp³-hybridized carbons (Fsp3) is 0.824. The lowest BCUT2D eigenvalue weighted by Crippen LogP contribution is -2.59. The van der Waals surface area contributed by atoms with Gasteiger partial charge in [-0.15, -0.1) is 0 Å². The van der Waals surface area contributed by atoms with Crippen LogP contribution in [0.4, 0.5) is 0 Å². The lowest BCUT2D eigenvalue weighted by molar-refractivity contribution is -0.230. The quantitative estimate of drug-likeness (QED) is 0.549. The van der Waals surface area contributed by atoms with E-state index in [-0.39, 0.29) is 42.4 Å². The van der Waals surface area contributed by atoms with E-state index in [1.807, 2.05) is 13.8 Å². The predicted octanol–water partition coefficient (Wildman–Crippen LogP) is 1.04. The highest BCUT2D eigenvalue weighted by Crippen LogP contribution is 2.59. The number of rotatable bonds is 2. The van der Waals surface area contributed by atoms with Gasteiger partial charge in [-0.25, -0.2) is 4.79 Å². The molecule has 7 heteroatoms. The Kier molecular flexibility index (Phi) is 3.43. The minimum atomic E-state index is -0.765. The molecule has 0 radical (unpaired) electrons. The number of hydrogen-bond donors (Lipinski definition) is 0. The van der Waals surface area contributed by atoms with Crippen molar-refractivity contribution in [1.29, 1.82) is 0 Å². The predicted molar refractivity (Wildman–Crippen MR) is 78.2 cm³/mol. The highest BCUT2D eigenvalue weighted by Gasteiger charge is 2.67. The summed E-state index contributed by atoms with van der Waals surface area (Å²) in [7, 11) is 0. The van der Waals surface area contributed by atoms with Crippen molar-refractivity contribution in [1.82, 2.24) is 0 Å². The second kappa shape index (κ2) is 5.18. The van der Waals surface area contributed by atoms with Crippen LogP contribution in [0.15, 0.2) is 0 Å². The standard InChI is InChI=1S/C17H22O7/c1-7-10-4-11-8(2)16-23-13(15(20)24-16)17(11,6-21-9(3)18)5-12(10)22-14(7)19/h7-8,10-13,16H,4-6H2,1-3H3/t7?,8?,10-,11+,12-,13-,16+,17+/m1/s1. The third kappa shape index (κ3) is 2.03. The molecule has 3 heterocycles. The zero-order chi connectivity index (χ0) is 17.2. The number of hydrogen-bond acceptors (Lipinski definition) is 7. The molecule has 0 aromatic carbocycles. The van der Waals surface area contributed by atoms with E-state index in [9.17, 15) is 14.4 Å². The molecule has 0 aromatic rings. The average Bonchev–Trinajstić information content (AvgIpc) is 3.02. The summed E-state index contributed by atoms with van der Waals surface area (Å²) < 4.78 is 22.1. The molecule has 1 aliphatic carbocycles. The lowest BCUT2D eigenvalue weighted by atomic mass is 9.55. The molecule has 1 saturated carbocycles. The molecule has 4 aliphatic rings. The molecule has 0 amide bonds. The monoisotopic (exact) mass is 338 g/mol. The lowest BCUT2D eigenvalue weighted by Gasteiger charge is -2.53. The van der Waals surface area contributed by atoms with Gasteiger partial charge in [-0.05, 0) is 18.8 Å². The van der Waals surface area contributed by atoms with Gasteiger partial charge in [0.15, 0.2) is 6.10 Å². The molecule has 2 unspecified atom stereocenters. The van der Waals surface area contributed by atoms with Crippen LogP contribution in [0.5, 0.6) is 0 Å². The van der Waals surface area contributed by atoms with E-state index in [0.717, 1.165) is 6.42 Å². The maximum atomic E-state index is 12.3. The molecule has 0 N–H and O–H groups in total. The van der Waals surface area contributed by atoms with Crippen LogP contribution in [-0.4, -0.2) is 43.0 Å². The third-order valence-electron chi connectivity index (χ3n) is 6.45. The molecular formula is C17H22O7. The van der Waals surface area contributed by atoms with E-state index in [4.69, 9.17) is 18.9 Å². The zero-order valence-electron chi connectivity index (χ0n) is 14.0. The first-order valence-corrected chi connectivity index (χ1v) is 8.53. The van der Waals surface area contributed by atoms with E-state index in [1.54, 1.807) is 0 Å². The zero-order valence-corrected chi connectivity index (χ0v) is 14.0. The van der Waals surface area contributed by atoms with Crippen LogP contribution >= 0.6 is 0 Å². The summed E-state index contributed by atoms with van der Waals surface area (Å²) in [6, 6.07) is 0. The topological polar surface area (TPSA) is 88.1 Å². The first-order chi connectivity index (χ1) is 11.3. The van der Waals surface area contributed by atoms with Crippen LogP contribution in [0.1, 0.15) is 33.6 Å². The molecule has 0 spiro atoms. The van der Waals surface area contributed by atoms with Gasteiger partial charge < -0.3 is 18.9 Å². The molecule has 3 saturated heterocycles.